The quantitative estimate of drug-likeness (QED) is 0.467. The zero-order valence-corrected chi connectivity index (χ0v) is 26.7. The van der Waals surface area contributed by atoms with Crippen molar-refractivity contribution in [3.63, 3.8) is 0 Å². The van der Waals surface area contributed by atoms with Gasteiger partial charge in [-0.3, -0.25) is 0 Å². The first-order valence-corrected chi connectivity index (χ1v) is 20.6. The molecule has 0 aliphatic heterocycles. The van der Waals surface area contributed by atoms with Crippen molar-refractivity contribution in [2.75, 3.05) is 0 Å². The van der Waals surface area contributed by atoms with Gasteiger partial charge in [0, 0.05) is 0 Å². The molecule has 0 amide bonds. The largest absolute Gasteiger partial charge is 1.00 e. The summed E-state index contributed by atoms with van der Waals surface area (Å²) in [4.78, 5) is 0. The predicted molar refractivity (Wildman–Crippen MR) is 135 cm³/mol. The second-order valence-corrected chi connectivity index (χ2v) is 27.4. The predicted octanol–water partition coefficient (Wildman–Crippen LogP) is 3.01. The first kappa shape index (κ1) is 29.2. The summed E-state index contributed by atoms with van der Waals surface area (Å²) in [6.45, 7) is 16.9. The van der Waals surface area contributed by atoms with Gasteiger partial charge in [0.2, 0.25) is 0 Å². The molecule has 0 heterocycles. The molecule has 0 spiro atoms. The van der Waals surface area contributed by atoms with E-state index in [1.807, 2.05) is 9.35 Å². The van der Waals surface area contributed by atoms with Crippen LogP contribution in [0, 0.1) is 5.92 Å². The maximum atomic E-state index is 6.98. The van der Waals surface area contributed by atoms with Crippen molar-refractivity contribution < 1.29 is 45.2 Å². The molecule has 2 unspecified atom stereocenters. The van der Waals surface area contributed by atoms with E-state index in [1.54, 1.807) is 11.1 Å². The van der Waals surface area contributed by atoms with E-state index in [2.05, 4.69) is 84.1 Å². The number of fused-ring (bicyclic) bond motifs is 1. The summed E-state index contributed by atoms with van der Waals surface area (Å²) in [7, 11) is 0. The molecule has 0 bridgehead atoms. The smallest absolute Gasteiger partial charge is 1.00 e. The van der Waals surface area contributed by atoms with Crippen LogP contribution in [0.25, 0.3) is 5.57 Å². The zero-order chi connectivity index (χ0) is 22.6. The number of rotatable bonds is 3. The Labute approximate surface area is 229 Å². The number of allylic oxidation sites excluding steroid dienone is 5. The summed E-state index contributed by atoms with van der Waals surface area (Å²) in [5.74, 6) is 0.581. The molecule has 0 aromatic heterocycles. The third-order valence-electron chi connectivity index (χ3n) is 7.30. The third kappa shape index (κ3) is 4.96. The fourth-order valence-corrected chi connectivity index (χ4v) is 27.0. The summed E-state index contributed by atoms with van der Waals surface area (Å²) in [5, 5.41) is 1.58. The second kappa shape index (κ2) is 11.3. The summed E-state index contributed by atoms with van der Waals surface area (Å²) < 4.78 is 2.32. The van der Waals surface area contributed by atoms with Gasteiger partial charge in [0.05, 0.1) is 0 Å². The Bertz CT molecular complexity index is 1220. The van der Waals surface area contributed by atoms with Crippen LogP contribution < -0.4 is 24.8 Å². The van der Waals surface area contributed by atoms with Gasteiger partial charge in [-0.15, -0.1) is 0 Å². The van der Waals surface area contributed by atoms with Gasteiger partial charge in [-0.25, -0.2) is 0 Å². The van der Waals surface area contributed by atoms with Crippen LogP contribution in [0.3, 0.4) is 0 Å². The van der Waals surface area contributed by atoms with Crippen LogP contribution in [0.4, 0.5) is 0 Å². The van der Waals surface area contributed by atoms with Crippen molar-refractivity contribution in [2.24, 2.45) is 5.92 Å². The van der Waals surface area contributed by atoms with Gasteiger partial charge >= 0.3 is 207 Å². The summed E-state index contributed by atoms with van der Waals surface area (Å²) in [6.07, 6.45) is 0. The monoisotopic (exact) mass is 612 g/mol. The molecule has 2 atom stereocenters. The van der Waals surface area contributed by atoms with E-state index < -0.39 is 25.8 Å². The number of hydrogen-bond acceptors (Lipinski definition) is 0. The molecule has 2 aromatic carbocycles. The molecule has 2 aromatic rings. The van der Waals surface area contributed by atoms with Gasteiger partial charge in [0.15, 0.2) is 0 Å². The average Bonchev–Trinajstić information content (AvgIpc) is 3.10. The van der Waals surface area contributed by atoms with Crippen LogP contribution in [-0.2, 0) is 20.4 Å². The minimum absolute atomic E-state index is 0. The zero-order valence-electron chi connectivity index (χ0n) is 20.2. The van der Waals surface area contributed by atoms with Gasteiger partial charge in [-0.2, -0.15) is 0 Å². The van der Waals surface area contributed by atoms with Gasteiger partial charge in [0.25, 0.3) is 0 Å². The molecule has 2 aliphatic rings. The molecule has 0 radical (unpaired) electrons. The maximum absolute atomic E-state index is 6.98. The van der Waals surface area contributed by atoms with Crippen LogP contribution in [0.5, 0.6) is 0 Å². The normalized spacial score (nSPS) is 19.2. The molecule has 33 heavy (non-hydrogen) atoms. The molecule has 0 saturated heterocycles. The van der Waals surface area contributed by atoms with Gasteiger partial charge < -0.3 is 24.8 Å². The van der Waals surface area contributed by atoms with Crippen molar-refractivity contribution >= 4 is 34.2 Å². The Balaban J connectivity index is 0.00000193. The molecule has 174 valence electrons. The summed E-state index contributed by atoms with van der Waals surface area (Å²) >= 11 is 11.4. The molecule has 2 aliphatic carbocycles. The maximum Gasteiger partial charge on any atom is -1.00 e. The molecule has 0 saturated carbocycles. The van der Waals surface area contributed by atoms with Crippen LogP contribution in [0.1, 0.15) is 54.9 Å². The van der Waals surface area contributed by atoms with Crippen molar-refractivity contribution in [1.82, 2.24) is 0 Å². The molecule has 4 rings (SSSR count). The fraction of sp³-hybridized carbons (Fsp3) is 0.333. The summed E-state index contributed by atoms with van der Waals surface area (Å²) in [6, 6.07) is 14.9. The Kier molecular flexibility index (Phi) is 10.0. The Morgan fingerprint density at radius 1 is 0.848 bits per heavy atom. The minimum Gasteiger partial charge on any atom is -1.00 e. The van der Waals surface area contributed by atoms with Crippen molar-refractivity contribution in [3.05, 3.63) is 94.8 Å². The van der Waals surface area contributed by atoms with E-state index in [-0.39, 0.29) is 24.8 Å². The molecule has 0 nitrogen and oxygen atoms in total. The molecular formula is C27H30Cl4SiZr. The standard InChI is InChI=1S/C16H11Cl2.C9H13.C2H6Si.2ClH.Zr/c1-10-7-13-14(8-12(17)9-15(13)18)16(10)11-5-3-2-4-6-11;1-6-5-7(2)9(4)8(6)3;1-3-2;;;/h2-9H,1H3;6H,1-4H3;1-2H3;2*1H;/q;;;;;+2/p-2. The summed E-state index contributed by atoms with van der Waals surface area (Å²) in [5.41, 5.74) is 11.0. The molecular weight excluding hydrogens is 585 g/mol. The van der Waals surface area contributed by atoms with Crippen molar-refractivity contribution in [2.45, 2.75) is 51.3 Å². The van der Waals surface area contributed by atoms with Gasteiger partial charge in [-0.05, 0) is 0 Å². The van der Waals surface area contributed by atoms with Crippen molar-refractivity contribution in [1.29, 1.82) is 0 Å². The van der Waals surface area contributed by atoms with Crippen LogP contribution in [0.2, 0.25) is 23.1 Å². The number of halogens is 4. The van der Waals surface area contributed by atoms with Gasteiger partial charge in [0.1, 0.15) is 0 Å². The Hall–Kier alpha value is -0.0800. The van der Waals surface area contributed by atoms with E-state index in [9.17, 15) is 0 Å². The van der Waals surface area contributed by atoms with Crippen LogP contribution in [-0.4, -0.2) is 5.43 Å². The number of benzene rings is 2. The van der Waals surface area contributed by atoms with E-state index in [0.29, 0.717) is 9.54 Å². The first-order valence-electron chi connectivity index (χ1n) is 11.0. The molecule has 0 fully saturated rings. The van der Waals surface area contributed by atoms with E-state index >= 15 is 0 Å². The topological polar surface area (TPSA) is 0 Å². The van der Waals surface area contributed by atoms with Crippen molar-refractivity contribution in [3.8, 4) is 0 Å². The Morgan fingerprint density at radius 3 is 1.97 bits per heavy atom. The van der Waals surface area contributed by atoms with Crippen LogP contribution in [0.15, 0.2) is 68.0 Å². The second-order valence-electron chi connectivity index (χ2n) is 9.19. The van der Waals surface area contributed by atoms with Gasteiger partial charge in [-0.1, -0.05) is 0 Å². The third-order valence-corrected chi connectivity index (χ3v) is 26.8. The van der Waals surface area contributed by atoms with E-state index in [0.717, 1.165) is 10.0 Å². The van der Waals surface area contributed by atoms with Crippen LogP contribution >= 0.6 is 23.2 Å². The number of hydrogen-bond donors (Lipinski definition) is 0. The fourth-order valence-electron chi connectivity index (χ4n) is 5.52. The first-order chi connectivity index (χ1) is 14.6. The minimum atomic E-state index is -2.12. The average molecular weight is 616 g/mol. The molecule has 0 N–H and O–H groups in total. The van der Waals surface area contributed by atoms with E-state index in [1.165, 1.54) is 33.4 Å². The molecule has 6 heteroatoms. The SMILES string of the molecule is CC1=C(C)C(C)[C]([Zr+2]([CH]2C(C)=C(c3ccccc3)c3cc(Cl)cc(Cl)c32)=[Si](C)C)=C1C.[Cl-].[Cl-]. The Morgan fingerprint density at radius 2 is 1.45 bits per heavy atom. The van der Waals surface area contributed by atoms with E-state index in [4.69, 9.17) is 23.2 Å².